The van der Waals surface area contributed by atoms with Crippen molar-refractivity contribution in [2.75, 3.05) is 0 Å². The third-order valence-electron chi connectivity index (χ3n) is 3.14. The minimum atomic E-state index is -3.73. The van der Waals surface area contributed by atoms with Gasteiger partial charge in [-0.1, -0.05) is 23.2 Å². The summed E-state index contributed by atoms with van der Waals surface area (Å²) >= 11 is 1.32. The average Bonchev–Trinajstić information content (AvgIpc) is 2.75. The number of rotatable bonds is 2. The highest BCUT2D eigenvalue weighted by atomic mass is 32.2. The summed E-state index contributed by atoms with van der Waals surface area (Å²) in [6.45, 7) is 1.93. The number of nitrogens with zero attached hydrogens (tertiary/aromatic N) is 1. The van der Waals surface area contributed by atoms with Crippen LogP contribution in [0.15, 0.2) is 52.2 Å². The highest BCUT2D eigenvalue weighted by molar-refractivity contribution is 7.89. The van der Waals surface area contributed by atoms with Crippen LogP contribution in [0, 0.1) is 6.92 Å². The van der Waals surface area contributed by atoms with Crippen molar-refractivity contribution < 1.29 is 8.42 Å². The largest absolute Gasteiger partial charge is 0.273 e. The van der Waals surface area contributed by atoms with Gasteiger partial charge in [0.15, 0.2) is 0 Å². The first kappa shape index (κ1) is 14.0. The summed E-state index contributed by atoms with van der Waals surface area (Å²) in [7, 11) is -3.73. The number of nitrogens with two attached hydrogens (primary N) is 1. The molecule has 0 aliphatic carbocycles. The van der Waals surface area contributed by atoms with Gasteiger partial charge in [0.1, 0.15) is 0 Å². The molecule has 2 N–H and O–H groups in total. The molecule has 0 saturated carbocycles. The average molecular weight is 320 g/mol. The third-order valence-corrected chi connectivity index (χ3v) is 5.18. The molecule has 1 heterocycles. The minimum Gasteiger partial charge on any atom is -0.267 e. The zero-order valence-electron chi connectivity index (χ0n) is 11.1. The van der Waals surface area contributed by atoms with E-state index in [0.29, 0.717) is 11.1 Å². The van der Waals surface area contributed by atoms with Gasteiger partial charge in [0, 0.05) is 0 Å². The van der Waals surface area contributed by atoms with Gasteiger partial charge in [-0.3, -0.25) is 4.79 Å². The molecular formula is C14H12N2O3S2. The van der Waals surface area contributed by atoms with Crippen LogP contribution >= 0.6 is 11.5 Å². The smallest absolute Gasteiger partial charge is 0.267 e. The zero-order chi connectivity index (χ0) is 15.2. The van der Waals surface area contributed by atoms with E-state index in [-0.39, 0.29) is 10.5 Å². The summed E-state index contributed by atoms with van der Waals surface area (Å²) < 4.78 is 24.9. The van der Waals surface area contributed by atoms with Crippen LogP contribution in [0.2, 0.25) is 0 Å². The van der Waals surface area contributed by atoms with E-state index < -0.39 is 10.0 Å². The zero-order valence-corrected chi connectivity index (χ0v) is 12.7. The number of hydrogen-bond acceptors (Lipinski definition) is 4. The van der Waals surface area contributed by atoms with Gasteiger partial charge in [-0.05, 0) is 43.3 Å². The normalized spacial score (nSPS) is 11.9. The maximum Gasteiger partial charge on any atom is 0.273 e. The van der Waals surface area contributed by atoms with Crippen LogP contribution in [-0.4, -0.2) is 12.4 Å². The number of fused-ring (bicyclic) bond motifs is 1. The Morgan fingerprint density at radius 3 is 2.38 bits per heavy atom. The number of primary sulfonamides is 1. The Bertz CT molecular complexity index is 983. The van der Waals surface area contributed by atoms with Crippen molar-refractivity contribution in [3.8, 4) is 5.69 Å². The first-order valence-corrected chi connectivity index (χ1v) is 8.44. The molecule has 108 valence electrons. The van der Waals surface area contributed by atoms with E-state index in [1.165, 1.54) is 27.6 Å². The van der Waals surface area contributed by atoms with E-state index in [0.717, 1.165) is 10.3 Å². The second-order valence-corrected chi connectivity index (χ2v) is 7.28. The Balaban J connectivity index is 2.17. The Morgan fingerprint density at radius 2 is 1.76 bits per heavy atom. The van der Waals surface area contributed by atoms with Gasteiger partial charge in [0.25, 0.3) is 5.56 Å². The molecule has 2 aromatic carbocycles. The topological polar surface area (TPSA) is 82.2 Å². The second kappa shape index (κ2) is 4.80. The van der Waals surface area contributed by atoms with Crippen LogP contribution in [0.3, 0.4) is 0 Å². The lowest BCUT2D eigenvalue weighted by Crippen LogP contribution is -2.13. The molecule has 0 aliphatic rings. The molecule has 3 rings (SSSR count). The summed E-state index contributed by atoms with van der Waals surface area (Å²) in [5.74, 6) is 0. The number of aromatic nitrogens is 1. The molecule has 21 heavy (non-hydrogen) atoms. The maximum atomic E-state index is 12.4. The van der Waals surface area contributed by atoms with E-state index in [1.54, 1.807) is 12.1 Å². The Kier molecular flexibility index (Phi) is 3.20. The molecule has 0 atom stereocenters. The van der Waals surface area contributed by atoms with Gasteiger partial charge in [-0.25, -0.2) is 17.5 Å². The number of hydrogen-bond donors (Lipinski definition) is 1. The summed E-state index contributed by atoms with van der Waals surface area (Å²) in [5.41, 5.74) is 1.53. The van der Waals surface area contributed by atoms with Crippen LogP contribution in [0.5, 0.6) is 0 Å². The maximum absolute atomic E-state index is 12.4. The summed E-state index contributed by atoms with van der Waals surface area (Å²) in [6, 6.07) is 11.6. The van der Waals surface area contributed by atoms with E-state index in [2.05, 4.69) is 0 Å². The van der Waals surface area contributed by atoms with Crippen LogP contribution in [0.25, 0.3) is 15.8 Å². The van der Waals surface area contributed by atoms with E-state index in [4.69, 9.17) is 5.14 Å². The van der Waals surface area contributed by atoms with Crippen LogP contribution in [0.1, 0.15) is 5.56 Å². The monoisotopic (exact) mass is 320 g/mol. The number of benzene rings is 2. The molecule has 0 aliphatic heterocycles. The lowest BCUT2D eigenvalue weighted by Gasteiger charge is -2.01. The molecule has 0 bridgehead atoms. The Morgan fingerprint density at radius 1 is 1.10 bits per heavy atom. The SMILES string of the molecule is Cc1ccc2sn(-c3ccc(S(N)(=O)=O)cc3)c(=O)c2c1. The van der Waals surface area contributed by atoms with Crippen LogP contribution < -0.4 is 10.7 Å². The van der Waals surface area contributed by atoms with Gasteiger partial charge in [-0.2, -0.15) is 0 Å². The fourth-order valence-corrected chi connectivity index (χ4v) is 3.57. The van der Waals surface area contributed by atoms with E-state index in [1.807, 2.05) is 25.1 Å². The first-order valence-electron chi connectivity index (χ1n) is 6.12. The highest BCUT2D eigenvalue weighted by Crippen LogP contribution is 2.21. The highest BCUT2D eigenvalue weighted by Gasteiger charge is 2.11. The molecule has 7 heteroatoms. The molecule has 5 nitrogen and oxygen atoms in total. The predicted molar refractivity (Wildman–Crippen MR) is 83.5 cm³/mol. The van der Waals surface area contributed by atoms with Gasteiger partial charge in [0.05, 0.1) is 20.7 Å². The van der Waals surface area contributed by atoms with E-state index >= 15 is 0 Å². The van der Waals surface area contributed by atoms with Gasteiger partial charge in [-0.15, -0.1) is 0 Å². The Labute approximate surface area is 125 Å². The standard InChI is InChI=1S/C14H12N2O3S2/c1-9-2-7-13-12(8-9)14(17)16(20-13)10-3-5-11(6-4-10)21(15,18)19/h2-8H,1H3,(H2,15,18,19). The molecule has 1 aromatic heterocycles. The fourth-order valence-electron chi connectivity index (χ4n) is 2.08. The molecule has 0 spiro atoms. The predicted octanol–water partition coefficient (Wildman–Crippen LogP) is 2.01. The second-order valence-electron chi connectivity index (χ2n) is 4.73. The first-order chi connectivity index (χ1) is 9.86. The van der Waals surface area contributed by atoms with Crippen molar-refractivity contribution in [3.63, 3.8) is 0 Å². The van der Waals surface area contributed by atoms with Crippen LogP contribution in [0.4, 0.5) is 0 Å². The summed E-state index contributed by atoms with van der Waals surface area (Å²) in [5, 5.41) is 5.72. The van der Waals surface area contributed by atoms with Crippen molar-refractivity contribution in [2.24, 2.45) is 5.14 Å². The molecule has 0 radical (unpaired) electrons. The Hall–Kier alpha value is -1.96. The minimum absolute atomic E-state index is 0.0243. The molecular weight excluding hydrogens is 308 g/mol. The van der Waals surface area contributed by atoms with Crippen molar-refractivity contribution in [2.45, 2.75) is 11.8 Å². The van der Waals surface area contributed by atoms with E-state index in [9.17, 15) is 13.2 Å². The lowest BCUT2D eigenvalue weighted by atomic mass is 10.2. The quantitative estimate of drug-likeness (QED) is 0.784. The molecule has 0 fully saturated rings. The molecule has 0 saturated heterocycles. The van der Waals surface area contributed by atoms with Gasteiger partial charge in [0.2, 0.25) is 10.0 Å². The number of aryl methyl sites for hydroxylation is 1. The van der Waals surface area contributed by atoms with Crippen molar-refractivity contribution >= 4 is 31.6 Å². The van der Waals surface area contributed by atoms with Crippen molar-refractivity contribution in [1.29, 1.82) is 0 Å². The van der Waals surface area contributed by atoms with Crippen LogP contribution in [-0.2, 0) is 10.0 Å². The third kappa shape index (κ3) is 2.51. The van der Waals surface area contributed by atoms with Gasteiger partial charge >= 0.3 is 0 Å². The lowest BCUT2D eigenvalue weighted by molar-refractivity contribution is 0.598. The molecule has 3 aromatic rings. The molecule has 0 amide bonds. The molecule has 0 unspecified atom stereocenters. The summed E-state index contributed by atoms with van der Waals surface area (Å²) in [4.78, 5) is 12.4. The van der Waals surface area contributed by atoms with Gasteiger partial charge < -0.3 is 0 Å². The van der Waals surface area contributed by atoms with Crippen molar-refractivity contribution in [3.05, 3.63) is 58.4 Å². The summed E-state index contributed by atoms with van der Waals surface area (Å²) in [6.07, 6.45) is 0. The fraction of sp³-hybridized carbons (Fsp3) is 0.0714. The number of sulfonamides is 1. The van der Waals surface area contributed by atoms with Crippen molar-refractivity contribution in [1.82, 2.24) is 3.96 Å².